The summed E-state index contributed by atoms with van der Waals surface area (Å²) in [6.07, 6.45) is 1.73. The highest BCUT2D eigenvalue weighted by atomic mass is 79.9. The van der Waals surface area contributed by atoms with E-state index in [2.05, 4.69) is 21.1 Å². The van der Waals surface area contributed by atoms with Crippen LogP contribution in [0, 0.1) is 0 Å². The average Bonchev–Trinajstić information content (AvgIpc) is 3.02. The van der Waals surface area contributed by atoms with Gasteiger partial charge in [0.05, 0.1) is 26.9 Å². The largest absolute Gasteiger partial charge is 0.493 e. The molecule has 0 atom stereocenters. The molecule has 0 unspecified atom stereocenters. The van der Waals surface area contributed by atoms with Crippen LogP contribution in [0.5, 0.6) is 17.2 Å². The summed E-state index contributed by atoms with van der Waals surface area (Å²) >= 11 is 3.39. The minimum absolute atomic E-state index is 0.349. The molecule has 0 aliphatic carbocycles. The molecule has 3 rings (SSSR count). The number of halogens is 1. The predicted octanol–water partition coefficient (Wildman–Crippen LogP) is 3.82. The molecule has 0 fully saturated rings. The molecular weight excluding hydrogens is 402 g/mol. The fourth-order valence-corrected chi connectivity index (χ4v) is 2.83. The summed E-state index contributed by atoms with van der Waals surface area (Å²) in [4.78, 5) is 17.1. The van der Waals surface area contributed by atoms with Gasteiger partial charge in [0.2, 0.25) is 5.75 Å². The maximum atomic E-state index is 12.2. The van der Waals surface area contributed by atoms with Gasteiger partial charge in [0.25, 0.3) is 0 Å². The van der Waals surface area contributed by atoms with Crippen molar-refractivity contribution in [3.63, 3.8) is 0 Å². The normalized spacial score (nSPS) is 14.8. The molecule has 0 amide bonds. The van der Waals surface area contributed by atoms with Crippen LogP contribution in [-0.4, -0.2) is 33.0 Å². The second kappa shape index (κ2) is 7.61. The van der Waals surface area contributed by atoms with Crippen molar-refractivity contribution in [2.24, 2.45) is 5.16 Å². The fraction of sp³-hybridized carbons (Fsp3) is 0.158. The molecular formula is C19H16BrNO5. The summed E-state index contributed by atoms with van der Waals surface area (Å²) in [5.74, 6) is 0.874. The second-order valence-corrected chi connectivity index (χ2v) is 6.26. The molecule has 134 valence electrons. The quantitative estimate of drug-likeness (QED) is 0.546. The van der Waals surface area contributed by atoms with Crippen molar-refractivity contribution in [3.8, 4) is 17.2 Å². The highest BCUT2D eigenvalue weighted by molar-refractivity contribution is 9.10. The molecule has 1 aliphatic heterocycles. The first-order valence-corrected chi connectivity index (χ1v) is 8.44. The van der Waals surface area contributed by atoms with E-state index in [9.17, 15) is 4.79 Å². The molecule has 6 nitrogen and oxygen atoms in total. The molecule has 1 aliphatic rings. The molecule has 0 aromatic heterocycles. The van der Waals surface area contributed by atoms with Crippen LogP contribution in [0.3, 0.4) is 0 Å². The van der Waals surface area contributed by atoms with E-state index < -0.39 is 5.97 Å². The van der Waals surface area contributed by atoms with Crippen LogP contribution in [0.2, 0.25) is 0 Å². The first-order valence-electron chi connectivity index (χ1n) is 7.64. The first-order chi connectivity index (χ1) is 12.6. The Morgan fingerprint density at radius 2 is 1.62 bits per heavy atom. The third kappa shape index (κ3) is 3.43. The second-order valence-electron chi connectivity index (χ2n) is 5.34. The first kappa shape index (κ1) is 18.0. The lowest BCUT2D eigenvalue weighted by atomic mass is 10.00. The van der Waals surface area contributed by atoms with Crippen molar-refractivity contribution < 1.29 is 23.8 Å². The van der Waals surface area contributed by atoms with Gasteiger partial charge in [-0.15, -0.1) is 0 Å². The van der Waals surface area contributed by atoms with E-state index >= 15 is 0 Å². The Morgan fingerprint density at radius 1 is 1.00 bits per heavy atom. The van der Waals surface area contributed by atoms with Crippen LogP contribution in [0.4, 0.5) is 0 Å². The zero-order chi connectivity index (χ0) is 18.7. The topological polar surface area (TPSA) is 66.4 Å². The number of hydrogen-bond acceptors (Lipinski definition) is 6. The van der Waals surface area contributed by atoms with Crippen molar-refractivity contribution in [1.82, 2.24) is 0 Å². The van der Waals surface area contributed by atoms with Gasteiger partial charge in [0, 0.05) is 10.0 Å². The Morgan fingerprint density at radius 3 is 2.15 bits per heavy atom. The third-order valence-electron chi connectivity index (χ3n) is 3.81. The number of carbonyl (C=O) groups is 1. The van der Waals surface area contributed by atoms with Crippen molar-refractivity contribution in [2.45, 2.75) is 0 Å². The lowest BCUT2D eigenvalue weighted by Crippen LogP contribution is -2.08. The molecule has 0 spiro atoms. The summed E-state index contributed by atoms with van der Waals surface area (Å²) in [5.41, 5.74) is 2.22. The number of carbonyl (C=O) groups excluding carboxylic acids is 1. The molecule has 0 saturated carbocycles. The van der Waals surface area contributed by atoms with Crippen molar-refractivity contribution >= 4 is 33.7 Å². The van der Waals surface area contributed by atoms with Gasteiger partial charge in [0.1, 0.15) is 5.71 Å². The number of ether oxygens (including phenoxy) is 3. The van der Waals surface area contributed by atoms with E-state index in [4.69, 9.17) is 19.0 Å². The highest BCUT2D eigenvalue weighted by Gasteiger charge is 2.28. The zero-order valence-corrected chi connectivity index (χ0v) is 16.0. The number of methoxy groups -OCH3 is 3. The fourth-order valence-electron chi connectivity index (χ4n) is 2.56. The van der Waals surface area contributed by atoms with Crippen molar-refractivity contribution in [3.05, 3.63) is 57.6 Å². The number of hydrogen-bond donors (Lipinski definition) is 0. The van der Waals surface area contributed by atoms with Crippen molar-refractivity contribution in [1.29, 1.82) is 0 Å². The molecule has 0 N–H and O–H groups in total. The summed E-state index contributed by atoms with van der Waals surface area (Å²) in [6.45, 7) is 0. The maximum absolute atomic E-state index is 12.2. The molecule has 26 heavy (non-hydrogen) atoms. The molecule has 0 radical (unpaired) electrons. The molecule has 2 aromatic carbocycles. The smallest absolute Gasteiger partial charge is 0.368 e. The van der Waals surface area contributed by atoms with Gasteiger partial charge >= 0.3 is 5.97 Å². The lowest BCUT2D eigenvalue weighted by Gasteiger charge is -2.13. The number of benzene rings is 2. The molecule has 0 bridgehead atoms. The van der Waals surface area contributed by atoms with Gasteiger partial charge in [-0.1, -0.05) is 33.2 Å². The van der Waals surface area contributed by atoms with Crippen LogP contribution >= 0.6 is 15.9 Å². The van der Waals surface area contributed by atoms with Gasteiger partial charge in [-0.2, -0.15) is 0 Å². The maximum Gasteiger partial charge on any atom is 0.368 e. The molecule has 1 heterocycles. The molecule has 7 heteroatoms. The zero-order valence-electron chi connectivity index (χ0n) is 14.4. The Bertz CT molecular complexity index is 878. The summed E-state index contributed by atoms with van der Waals surface area (Å²) in [5, 5.41) is 3.93. The minimum atomic E-state index is -0.517. The van der Waals surface area contributed by atoms with Gasteiger partial charge in [-0.3, -0.25) is 0 Å². The van der Waals surface area contributed by atoms with Crippen LogP contribution in [0.25, 0.3) is 6.08 Å². The van der Waals surface area contributed by atoms with E-state index in [1.165, 1.54) is 21.3 Å². The number of nitrogens with zero attached hydrogens (tertiary/aromatic N) is 1. The SMILES string of the molecule is COc1cc(C2=NOC(=O)C2=Cc2ccc(Br)cc2)cc(OC)c1OC. The van der Waals surface area contributed by atoms with Gasteiger partial charge in [-0.25, -0.2) is 4.79 Å². The molecule has 0 saturated heterocycles. The number of rotatable bonds is 5. The number of oxime groups is 1. The summed E-state index contributed by atoms with van der Waals surface area (Å²) in [7, 11) is 4.58. The Labute approximate surface area is 159 Å². The lowest BCUT2D eigenvalue weighted by molar-refractivity contribution is -0.136. The standard InChI is InChI=1S/C19H16BrNO5/c1-23-15-9-12(10-16(24-2)18(15)25-3)17-14(19(22)26-21-17)8-11-4-6-13(20)7-5-11/h4-10H,1-3H3. The monoisotopic (exact) mass is 417 g/mol. The van der Waals surface area contributed by atoms with Gasteiger partial charge in [-0.05, 0) is 35.9 Å². The van der Waals surface area contributed by atoms with Crippen LogP contribution in [-0.2, 0) is 9.63 Å². The van der Waals surface area contributed by atoms with E-state index in [-0.39, 0.29) is 0 Å². The van der Waals surface area contributed by atoms with Crippen LogP contribution < -0.4 is 14.2 Å². The van der Waals surface area contributed by atoms with Gasteiger partial charge in [0.15, 0.2) is 11.5 Å². The third-order valence-corrected chi connectivity index (χ3v) is 4.34. The van der Waals surface area contributed by atoms with Crippen LogP contribution in [0.1, 0.15) is 11.1 Å². The van der Waals surface area contributed by atoms with E-state index in [1.807, 2.05) is 24.3 Å². The Kier molecular flexibility index (Phi) is 5.27. The predicted molar refractivity (Wildman–Crippen MR) is 101 cm³/mol. The highest BCUT2D eigenvalue weighted by Crippen LogP contribution is 2.39. The van der Waals surface area contributed by atoms with Crippen LogP contribution in [0.15, 0.2) is 51.6 Å². The Hall–Kier alpha value is -2.80. The Balaban J connectivity index is 2.07. The van der Waals surface area contributed by atoms with Crippen molar-refractivity contribution in [2.75, 3.05) is 21.3 Å². The van der Waals surface area contributed by atoms with E-state index in [1.54, 1.807) is 18.2 Å². The molecule has 2 aromatic rings. The van der Waals surface area contributed by atoms with Gasteiger partial charge < -0.3 is 19.0 Å². The minimum Gasteiger partial charge on any atom is -0.493 e. The summed E-state index contributed by atoms with van der Waals surface area (Å²) < 4.78 is 17.0. The average molecular weight is 418 g/mol. The summed E-state index contributed by atoms with van der Waals surface area (Å²) in [6, 6.07) is 11.0. The van der Waals surface area contributed by atoms with E-state index in [0.717, 1.165) is 10.0 Å². The van der Waals surface area contributed by atoms with E-state index in [0.29, 0.717) is 34.1 Å².